The van der Waals surface area contributed by atoms with Gasteiger partial charge in [-0.25, -0.2) is 0 Å². The van der Waals surface area contributed by atoms with E-state index in [2.05, 4.69) is 0 Å². The smallest absolute Gasteiger partial charge is 0.308 e. The summed E-state index contributed by atoms with van der Waals surface area (Å²) < 4.78 is 15.6. The van der Waals surface area contributed by atoms with Gasteiger partial charge in [-0.05, 0) is 35.4 Å². The van der Waals surface area contributed by atoms with Crippen LogP contribution in [0.1, 0.15) is 40.9 Å². The lowest BCUT2D eigenvalue weighted by atomic mass is 9.94. The number of Topliss-reactive ketones (excluding diaryl/α,β-unsaturated/α-hetero) is 1. The van der Waals surface area contributed by atoms with Gasteiger partial charge in [-0.1, -0.05) is 24.3 Å². The largest absolute Gasteiger partial charge is 0.493 e. The van der Waals surface area contributed by atoms with Crippen LogP contribution < -0.4 is 9.47 Å². The average molecular weight is 409 g/mol. The minimum atomic E-state index is -0.565. The van der Waals surface area contributed by atoms with Crippen molar-refractivity contribution >= 4 is 23.7 Å². The molecule has 0 saturated carbocycles. The van der Waals surface area contributed by atoms with Crippen molar-refractivity contribution in [3.05, 3.63) is 65.4 Å². The molecule has 0 fully saturated rings. The molecule has 1 aliphatic heterocycles. The highest BCUT2D eigenvalue weighted by molar-refractivity contribution is 5.98. The summed E-state index contributed by atoms with van der Waals surface area (Å²) in [7, 11) is 2.98. The summed E-state index contributed by atoms with van der Waals surface area (Å²) in [6.45, 7) is 1.04. The molecule has 2 aromatic carbocycles. The topological polar surface area (TPSA) is 82.1 Å². The summed E-state index contributed by atoms with van der Waals surface area (Å²) in [5, 5.41) is 0. The predicted octanol–water partition coefficient (Wildman–Crippen LogP) is 3.39. The summed E-state index contributed by atoms with van der Waals surface area (Å²) in [5.74, 6) is -0.196. The van der Waals surface area contributed by atoms with Crippen molar-refractivity contribution in [2.24, 2.45) is 0 Å². The summed E-state index contributed by atoms with van der Waals surface area (Å²) in [5.41, 5.74) is 2.14. The molecule has 0 bridgehead atoms. The fourth-order valence-corrected chi connectivity index (χ4v) is 3.37. The number of ether oxygens (including phenoxy) is 3. The lowest BCUT2D eigenvalue weighted by Crippen LogP contribution is -2.32. The molecular formula is C23H23NO6. The fourth-order valence-electron chi connectivity index (χ4n) is 3.37. The van der Waals surface area contributed by atoms with E-state index in [0.29, 0.717) is 17.1 Å². The van der Waals surface area contributed by atoms with Crippen LogP contribution in [-0.4, -0.2) is 43.4 Å². The molecule has 7 heteroatoms. The van der Waals surface area contributed by atoms with E-state index in [1.54, 1.807) is 18.3 Å². The molecule has 1 aliphatic rings. The molecule has 0 unspecified atom stereocenters. The van der Waals surface area contributed by atoms with Crippen LogP contribution >= 0.6 is 0 Å². The van der Waals surface area contributed by atoms with E-state index in [1.807, 2.05) is 30.3 Å². The minimum absolute atomic E-state index is 0.0554. The second kappa shape index (κ2) is 9.26. The minimum Gasteiger partial charge on any atom is -0.493 e. The highest BCUT2D eigenvalue weighted by atomic mass is 16.5. The van der Waals surface area contributed by atoms with Gasteiger partial charge in [0.25, 0.3) is 0 Å². The van der Waals surface area contributed by atoms with E-state index < -0.39 is 18.6 Å². The maximum absolute atomic E-state index is 12.5. The van der Waals surface area contributed by atoms with Crippen LogP contribution in [-0.2, 0) is 14.3 Å². The Morgan fingerprint density at radius 2 is 1.73 bits per heavy atom. The zero-order chi connectivity index (χ0) is 21.7. The number of hydrogen-bond donors (Lipinski definition) is 0. The fraction of sp³-hybridized carbons (Fsp3) is 0.261. The SMILES string of the molecule is COc1ccc(C(=O)COC(=O)C[C@@H]2c3ccccc3C=CN2C(C)=O)cc1OC. The summed E-state index contributed by atoms with van der Waals surface area (Å²) in [4.78, 5) is 38.4. The number of carbonyl (C=O) groups excluding carboxylic acids is 3. The molecule has 1 atom stereocenters. The standard InChI is InChI=1S/C23H23NO6/c1-15(25)24-11-10-16-6-4-5-7-18(16)19(24)13-23(27)30-14-20(26)17-8-9-21(28-2)22(12-17)29-3/h4-12,19H,13-14H2,1-3H3/t19-/m1/s1. The van der Waals surface area contributed by atoms with Crippen LogP contribution in [0.5, 0.6) is 11.5 Å². The van der Waals surface area contributed by atoms with Gasteiger partial charge in [-0.2, -0.15) is 0 Å². The summed E-state index contributed by atoms with van der Waals surface area (Å²) in [6.07, 6.45) is 3.44. The van der Waals surface area contributed by atoms with Gasteiger partial charge in [0.15, 0.2) is 23.9 Å². The van der Waals surface area contributed by atoms with E-state index in [9.17, 15) is 14.4 Å². The maximum Gasteiger partial charge on any atom is 0.308 e. The Kier molecular flexibility index (Phi) is 6.51. The first-order valence-corrected chi connectivity index (χ1v) is 9.41. The van der Waals surface area contributed by atoms with Gasteiger partial charge in [0.2, 0.25) is 5.91 Å². The van der Waals surface area contributed by atoms with Crippen molar-refractivity contribution in [3.8, 4) is 11.5 Å². The number of fused-ring (bicyclic) bond motifs is 1. The Labute approximate surface area is 174 Å². The number of hydrogen-bond acceptors (Lipinski definition) is 6. The Morgan fingerprint density at radius 1 is 1.00 bits per heavy atom. The Bertz CT molecular complexity index is 997. The molecular weight excluding hydrogens is 386 g/mol. The monoisotopic (exact) mass is 409 g/mol. The molecule has 1 heterocycles. The lowest BCUT2D eigenvalue weighted by molar-refractivity contribution is -0.144. The number of benzene rings is 2. The number of methoxy groups -OCH3 is 2. The molecule has 0 spiro atoms. The van der Waals surface area contributed by atoms with E-state index >= 15 is 0 Å². The molecule has 7 nitrogen and oxygen atoms in total. The third-order valence-electron chi connectivity index (χ3n) is 4.90. The van der Waals surface area contributed by atoms with Crippen molar-refractivity contribution in [3.63, 3.8) is 0 Å². The van der Waals surface area contributed by atoms with Crippen molar-refractivity contribution in [1.82, 2.24) is 4.90 Å². The quantitative estimate of drug-likeness (QED) is 0.515. The maximum atomic E-state index is 12.5. The van der Waals surface area contributed by atoms with Gasteiger partial charge in [-0.3, -0.25) is 14.4 Å². The summed E-state index contributed by atoms with van der Waals surface area (Å²) >= 11 is 0. The number of esters is 1. The zero-order valence-corrected chi connectivity index (χ0v) is 17.1. The molecule has 0 aromatic heterocycles. The van der Waals surface area contributed by atoms with Crippen LogP contribution in [0.2, 0.25) is 0 Å². The molecule has 156 valence electrons. The average Bonchev–Trinajstić information content (AvgIpc) is 2.76. The number of carbonyl (C=O) groups is 3. The molecule has 30 heavy (non-hydrogen) atoms. The Morgan fingerprint density at radius 3 is 2.43 bits per heavy atom. The van der Waals surface area contributed by atoms with Gasteiger partial charge < -0.3 is 19.1 Å². The highest BCUT2D eigenvalue weighted by Gasteiger charge is 2.29. The van der Waals surface area contributed by atoms with E-state index in [1.165, 1.54) is 32.1 Å². The summed E-state index contributed by atoms with van der Waals surface area (Å²) in [6, 6.07) is 11.8. The molecule has 2 aromatic rings. The lowest BCUT2D eigenvalue weighted by Gasteiger charge is -2.32. The van der Waals surface area contributed by atoms with Gasteiger partial charge in [-0.15, -0.1) is 0 Å². The first kappa shape index (κ1) is 21.1. The van der Waals surface area contributed by atoms with Crippen LogP contribution in [0.3, 0.4) is 0 Å². The second-order valence-corrected chi connectivity index (χ2v) is 6.74. The number of ketones is 1. The molecule has 0 N–H and O–H groups in total. The van der Waals surface area contributed by atoms with Gasteiger partial charge >= 0.3 is 5.97 Å². The van der Waals surface area contributed by atoms with Crippen LogP contribution in [0.25, 0.3) is 6.08 Å². The van der Waals surface area contributed by atoms with Crippen LogP contribution in [0, 0.1) is 0 Å². The number of amides is 1. The Hall–Kier alpha value is -3.61. The van der Waals surface area contributed by atoms with Gasteiger partial charge in [0.05, 0.1) is 26.7 Å². The second-order valence-electron chi connectivity index (χ2n) is 6.74. The Balaban J connectivity index is 1.67. The first-order valence-electron chi connectivity index (χ1n) is 9.41. The van der Waals surface area contributed by atoms with E-state index in [0.717, 1.165) is 11.1 Å². The third-order valence-corrected chi connectivity index (χ3v) is 4.90. The van der Waals surface area contributed by atoms with Gasteiger partial charge in [0.1, 0.15) is 0 Å². The normalized spacial score (nSPS) is 14.6. The van der Waals surface area contributed by atoms with Gasteiger partial charge in [0, 0.05) is 18.7 Å². The molecule has 0 radical (unpaired) electrons. The molecule has 3 rings (SSSR count). The van der Waals surface area contributed by atoms with E-state index in [-0.39, 0.29) is 18.1 Å². The van der Waals surface area contributed by atoms with Crippen molar-refractivity contribution in [1.29, 1.82) is 0 Å². The molecule has 0 saturated heterocycles. The third kappa shape index (κ3) is 4.51. The molecule has 1 amide bonds. The van der Waals surface area contributed by atoms with Crippen molar-refractivity contribution in [2.45, 2.75) is 19.4 Å². The first-order chi connectivity index (χ1) is 14.4. The predicted molar refractivity (Wildman–Crippen MR) is 110 cm³/mol. The molecule has 0 aliphatic carbocycles. The van der Waals surface area contributed by atoms with Crippen molar-refractivity contribution in [2.75, 3.05) is 20.8 Å². The van der Waals surface area contributed by atoms with Crippen LogP contribution in [0.4, 0.5) is 0 Å². The van der Waals surface area contributed by atoms with Crippen LogP contribution in [0.15, 0.2) is 48.7 Å². The number of nitrogens with zero attached hydrogens (tertiary/aromatic N) is 1. The number of rotatable bonds is 7. The highest BCUT2D eigenvalue weighted by Crippen LogP contribution is 2.33. The van der Waals surface area contributed by atoms with E-state index in [4.69, 9.17) is 14.2 Å². The van der Waals surface area contributed by atoms with Crippen molar-refractivity contribution < 1.29 is 28.6 Å². The zero-order valence-electron chi connectivity index (χ0n) is 17.1.